The van der Waals surface area contributed by atoms with Crippen molar-refractivity contribution in [3.63, 3.8) is 0 Å². The monoisotopic (exact) mass is 400 g/mol. The molecule has 1 radical (unpaired) electrons. The maximum atomic E-state index is 5.87. The van der Waals surface area contributed by atoms with Crippen LogP contribution in [-0.2, 0) is 16.0 Å². The Labute approximate surface area is 180 Å². The molecule has 155 valence electrons. The standard InChI is InChI=1S/C27H30NO2/c1-3-29-27(30-4-2)20-28(18-21-12-6-5-7-13-21)19-26-24-16-10-8-14-22(24)23-15-9-11-17-25(23)26/h5-17,19,26-27H,3-4,18,20H2,1-2H3. The largest absolute Gasteiger partial charge is 0.352 e. The van der Waals surface area contributed by atoms with E-state index < -0.39 is 0 Å². The Morgan fingerprint density at radius 1 is 0.767 bits per heavy atom. The Bertz CT molecular complexity index is 889. The molecule has 1 aliphatic rings. The minimum absolute atomic E-state index is 0.227. The lowest BCUT2D eigenvalue weighted by Crippen LogP contribution is -2.35. The van der Waals surface area contributed by atoms with Crippen molar-refractivity contribution >= 4 is 0 Å². The van der Waals surface area contributed by atoms with E-state index in [1.54, 1.807) is 0 Å². The number of rotatable bonds is 10. The summed E-state index contributed by atoms with van der Waals surface area (Å²) in [6.45, 7) is 9.18. The van der Waals surface area contributed by atoms with Gasteiger partial charge >= 0.3 is 0 Å². The fourth-order valence-electron chi connectivity index (χ4n) is 4.28. The van der Waals surface area contributed by atoms with Crippen LogP contribution in [0.2, 0.25) is 0 Å². The van der Waals surface area contributed by atoms with Crippen molar-refractivity contribution < 1.29 is 9.47 Å². The van der Waals surface area contributed by atoms with E-state index in [-0.39, 0.29) is 12.2 Å². The molecule has 0 N–H and O–H groups in total. The second kappa shape index (κ2) is 10.0. The summed E-state index contributed by atoms with van der Waals surface area (Å²) in [7, 11) is 0. The molecule has 1 aliphatic carbocycles. The van der Waals surface area contributed by atoms with Crippen molar-refractivity contribution in [2.45, 2.75) is 32.6 Å². The first-order chi connectivity index (χ1) is 14.8. The lowest BCUT2D eigenvalue weighted by atomic mass is 9.96. The Kier molecular flexibility index (Phi) is 6.96. The van der Waals surface area contributed by atoms with E-state index >= 15 is 0 Å². The topological polar surface area (TPSA) is 21.7 Å². The highest BCUT2D eigenvalue weighted by Crippen LogP contribution is 2.46. The summed E-state index contributed by atoms with van der Waals surface area (Å²) >= 11 is 0. The predicted octanol–water partition coefficient (Wildman–Crippen LogP) is 5.86. The van der Waals surface area contributed by atoms with Crippen molar-refractivity contribution in [1.82, 2.24) is 4.90 Å². The number of benzene rings is 3. The molecule has 0 fully saturated rings. The van der Waals surface area contributed by atoms with Crippen LogP contribution in [0.25, 0.3) is 11.1 Å². The second-order valence-electron chi connectivity index (χ2n) is 7.56. The van der Waals surface area contributed by atoms with Crippen LogP contribution < -0.4 is 0 Å². The molecule has 3 heteroatoms. The maximum Gasteiger partial charge on any atom is 0.170 e. The van der Waals surface area contributed by atoms with E-state index in [9.17, 15) is 0 Å². The van der Waals surface area contributed by atoms with E-state index in [1.807, 2.05) is 13.8 Å². The van der Waals surface area contributed by atoms with Gasteiger partial charge in [0.15, 0.2) is 6.29 Å². The molecule has 0 bridgehead atoms. The van der Waals surface area contributed by atoms with E-state index in [0.717, 1.165) is 6.54 Å². The average molecular weight is 401 g/mol. The van der Waals surface area contributed by atoms with E-state index in [0.29, 0.717) is 19.8 Å². The van der Waals surface area contributed by atoms with Gasteiger partial charge in [-0.15, -0.1) is 0 Å². The maximum absolute atomic E-state index is 5.87. The number of fused-ring (bicyclic) bond motifs is 3. The van der Waals surface area contributed by atoms with E-state index in [4.69, 9.17) is 9.47 Å². The molecule has 0 unspecified atom stereocenters. The van der Waals surface area contributed by atoms with Gasteiger partial charge < -0.3 is 9.47 Å². The molecule has 0 heterocycles. The first-order valence-electron chi connectivity index (χ1n) is 10.8. The van der Waals surface area contributed by atoms with Gasteiger partial charge in [0, 0.05) is 32.2 Å². The molecular formula is C27H30NO2. The first kappa shape index (κ1) is 20.8. The van der Waals surface area contributed by atoms with Gasteiger partial charge in [0.1, 0.15) is 0 Å². The Morgan fingerprint density at radius 3 is 1.87 bits per heavy atom. The fraction of sp³-hybridized carbons (Fsp3) is 0.296. The molecule has 0 amide bonds. The molecule has 0 spiro atoms. The Morgan fingerprint density at radius 2 is 1.30 bits per heavy atom. The SMILES string of the molecule is CCOC(CN([CH]C1c2ccccc2-c2ccccc21)Cc1ccccc1)OCC. The summed E-state index contributed by atoms with van der Waals surface area (Å²) in [6, 6.07) is 28.1. The van der Waals surface area contributed by atoms with Crippen LogP contribution in [0.3, 0.4) is 0 Å². The van der Waals surface area contributed by atoms with Gasteiger partial charge in [0.05, 0.1) is 6.54 Å². The molecule has 0 aliphatic heterocycles. The highest BCUT2D eigenvalue weighted by Gasteiger charge is 2.30. The molecule has 3 aromatic carbocycles. The van der Waals surface area contributed by atoms with Crippen LogP contribution in [0.4, 0.5) is 0 Å². The molecule has 0 saturated heterocycles. The van der Waals surface area contributed by atoms with Gasteiger partial charge in [-0.05, 0) is 41.7 Å². The van der Waals surface area contributed by atoms with Crippen LogP contribution in [0.15, 0.2) is 78.9 Å². The summed E-state index contributed by atoms with van der Waals surface area (Å²) in [5, 5.41) is 0. The highest BCUT2D eigenvalue weighted by atomic mass is 16.7. The van der Waals surface area contributed by atoms with Crippen LogP contribution in [0.5, 0.6) is 0 Å². The zero-order valence-corrected chi connectivity index (χ0v) is 17.8. The lowest BCUT2D eigenvalue weighted by molar-refractivity contribution is -0.145. The third-order valence-corrected chi connectivity index (χ3v) is 5.56. The number of hydrogen-bond acceptors (Lipinski definition) is 3. The van der Waals surface area contributed by atoms with Gasteiger partial charge in [-0.25, -0.2) is 0 Å². The normalized spacial score (nSPS) is 13.1. The summed E-state index contributed by atoms with van der Waals surface area (Å²) in [5.74, 6) is 0.227. The molecule has 0 saturated carbocycles. The minimum atomic E-state index is -0.244. The first-order valence-corrected chi connectivity index (χ1v) is 10.8. The third kappa shape index (κ3) is 4.65. The highest BCUT2D eigenvalue weighted by molar-refractivity contribution is 5.79. The number of hydrogen-bond donors (Lipinski definition) is 0. The van der Waals surface area contributed by atoms with Crippen molar-refractivity contribution in [3.05, 3.63) is 102 Å². The van der Waals surface area contributed by atoms with Crippen LogP contribution in [0, 0.1) is 6.54 Å². The molecule has 0 atom stereocenters. The van der Waals surface area contributed by atoms with Crippen LogP contribution in [-0.4, -0.2) is 30.9 Å². The Balaban J connectivity index is 1.62. The van der Waals surface area contributed by atoms with Gasteiger partial charge in [0.2, 0.25) is 0 Å². The minimum Gasteiger partial charge on any atom is -0.352 e. The smallest absolute Gasteiger partial charge is 0.170 e. The molecule has 4 rings (SSSR count). The van der Waals surface area contributed by atoms with Crippen molar-refractivity contribution in [1.29, 1.82) is 0 Å². The van der Waals surface area contributed by atoms with Crippen molar-refractivity contribution in [3.8, 4) is 11.1 Å². The summed E-state index contributed by atoms with van der Waals surface area (Å²) < 4.78 is 11.7. The van der Waals surface area contributed by atoms with Gasteiger partial charge in [-0.2, -0.15) is 0 Å². The molecule has 3 nitrogen and oxygen atoms in total. The van der Waals surface area contributed by atoms with Crippen LogP contribution >= 0.6 is 0 Å². The van der Waals surface area contributed by atoms with Crippen molar-refractivity contribution in [2.24, 2.45) is 0 Å². The van der Waals surface area contributed by atoms with Gasteiger partial charge in [-0.1, -0.05) is 78.9 Å². The molecule has 30 heavy (non-hydrogen) atoms. The number of nitrogens with zero attached hydrogens (tertiary/aromatic N) is 1. The molecule has 0 aromatic heterocycles. The zero-order valence-electron chi connectivity index (χ0n) is 17.8. The second-order valence-corrected chi connectivity index (χ2v) is 7.56. The van der Waals surface area contributed by atoms with Gasteiger partial charge in [-0.3, -0.25) is 4.90 Å². The van der Waals surface area contributed by atoms with E-state index in [1.165, 1.54) is 27.8 Å². The average Bonchev–Trinajstić information content (AvgIpc) is 3.09. The van der Waals surface area contributed by atoms with Gasteiger partial charge in [0.25, 0.3) is 0 Å². The third-order valence-electron chi connectivity index (χ3n) is 5.56. The van der Waals surface area contributed by atoms with E-state index in [2.05, 4.69) is 90.3 Å². The van der Waals surface area contributed by atoms with Crippen molar-refractivity contribution in [2.75, 3.05) is 19.8 Å². The molecular weight excluding hydrogens is 370 g/mol. The summed E-state index contributed by atoms with van der Waals surface area (Å²) in [4.78, 5) is 2.36. The number of ether oxygens (including phenoxy) is 2. The fourth-order valence-corrected chi connectivity index (χ4v) is 4.28. The molecule has 3 aromatic rings. The zero-order chi connectivity index (χ0) is 20.8. The summed E-state index contributed by atoms with van der Waals surface area (Å²) in [6.07, 6.45) is -0.244. The lowest BCUT2D eigenvalue weighted by Gasteiger charge is -2.29. The quantitative estimate of drug-likeness (QED) is 0.398. The Hall–Kier alpha value is -2.46. The summed E-state index contributed by atoms with van der Waals surface area (Å²) in [5.41, 5.74) is 6.67. The predicted molar refractivity (Wildman–Crippen MR) is 122 cm³/mol. The van der Waals surface area contributed by atoms with Crippen LogP contribution in [0.1, 0.15) is 36.5 Å².